The molecule has 0 bridgehead atoms. The quantitative estimate of drug-likeness (QED) is 0.267. The number of rotatable bonds is 9. The average molecular weight is 547 g/mol. The van der Waals surface area contributed by atoms with Crippen molar-refractivity contribution in [2.45, 2.75) is 25.9 Å². The number of nitrogens with zero attached hydrogens (tertiary/aromatic N) is 5. The minimum atomic E-state index is -0.896. The third-order valence-electron chi connectivity index (χ3n) is 6.32. The monoisotopic (exact) mass is 546 g/mol. The molecule has 11 heteroatoms. The van der Waals surface area contributed by atoms with Crippen molar-refractivity contribution in [3.8, 4) is 11.4 Å². The molecule has 0 spiro atoms. The molecule has 1 N–H and O–H groups in total. The van der Waals surface area contributed by atoms with Gasteiger partial charge in [-0.1, -0.05) is 35.3 Å². The molecule has 3 heterocycles. The van der Waals surface area contributed by atoms with Gasteiger partial charge < -0.3 is 14.6 Å². The molecule has 194 valence electrons. The fourth-order valence-electron chi connectivity index (χ4n) is 4.38. The smallest absolute Gasteiger partial charge is 0.225 e. The van der Waals surface area contributed by atoms with Crippen molar-refractivity contribution in [1.82, 2.24) is 24.4 Å². The molecule has 1 aliphatic rings. The van der Waals surface area contributed by atoms with Gasteiger partial charge in [0.05, 0.1) is 35.0 Å². The van der Waals surface area contributed by atoms with Crippen molar-refractivity contribution in [1.29, 1.82) is 0 Å². The Morgan fingerprint density at radius 2 is 1.70 bits per heavy atom. The number of aryl methyl sites for hydroxylation is 1. The normalized spacial score (nSPS) is 14.4. The van der Waals surface area contributed by atoms with E-state index in [9.17, 15) is 8.78 Å². The van der Waals surface area contributed by atoms with Gasteiger partial charge in [-0.25, -0.2) is 18.7 Å². The summed E-state index contributed by atoms with van der Waals surface area (Å²) in [6.07, 6.45) is 3.54. The summed E-state index contributed by atoms with van der Waals surface area (Å²) >= 11 is 13.1. The number of fused-ring (bicyclic) bond motifs is 1. The summed E-state index contributed by atoms with van der Waals surface area (Å²) in [5, 5.41) is 4.09. The predicted molar refractivity (Wildman–Crippen MR) is 141 cm³/mol. The van der Waals surface area contributed by atoms with E-state index in [2.05, 4.69) is 15.2 Å². The Labute approximate surface area is 223 Å². The molecular weight excluding hydrogens is 521 g/mol. The summed E-state index contributed by atoms with van der Waals surface area (Å²) in [7, 11) is 0. The number of hydrogen-bond acceptors (Lipinski definition) is 6. The maximum absolute atomic E-state index is 13.6. The summed E-state index contributed by atoms with van der Waals surface area (Å²) in [5.41, 5.74) is 2.47. The molecule has 4 aromatic rings. The Balaban J connectivity index is 1.41. The zero-order valence-electron chi connectivity index (χ0n) is 20.1. The Morgan fingerprint density at radius 3 is 2.46 bits per heavy atom. The van der Waals surface area contributed by atoms with E-state index in [1.807, 2.05) is 4.57 Å². The Bertz CT molecular complexity index is 1370. The van der Waals surface area contributed by atoms with Gasteiger partial charge in [0.1, 0.15) is 11.3 Å². The third-order valence-corrected chi connectivity index (χ3v) is 6.95. The topological polar surface area (TPSA) is 68.1 Å². The number of morpholine rings is 1. The average Bonchev–Trinajstić information content (AvgIpc) is 3.25. The molecule has 0 amide bonds. The number of hydrogen-bond donors (Lipinski definition) is 1. The van der Waals surface area contributed by atoms with E-state index in [4.69, 9.17) is 37.9 Å². The predicted octanol–water partition coefficient (Wildman–Crippen LogP) is 5.80. The molecular formula is C26H26Cl2F2N6O. The summed E-state index contributed by atoms with van der Waals surface area (Å²) in [5.74, 6) is -0.802. The zero-order valence-corrected chi connectivity index (χ0v) is 21.6. The number of halogens is 4. The summed E-state index contributed by atoms with van der Waals surface area (Å²) < 4.78 is 34.3. The van der Waals surface area contributed by atoms with Crippen molar-refractivity contribution >= 4 is 40.3 Å². The SMILES string of the molecule is Fc1ccc(CNc2ncc3nc(-c4c(Cl)cccc4Cl)n(CCCCN4CCOCC4)c3n2)cc1F. The summed E-state index contributed by atoms with van der Waals surface area (Å²) in [4.78, 5) is 16.2. The molecule has 2 aromatic carbocycles. The first-order chi connectivity index (χ1) is 18.0. The standard InChI is InChI=1S/C26H26Cl2F2N6O/c27-18-4-3-5-19(28)23(18)25-33-22-16-32-26(31-15-17-6-7-20(29)21(30)14-17)34-24(22)36(25)9-2-1-8-35-10-12-37-13-11-35/h3-7,14,16H,1-2,8-13,15H2,(H,31,32,34). The second kappa shape index (κ2) is 11.7. The van der Waals surface area contributed by atoms with Crippen LogP contribution in [-0.4, -0.2) is 57.3 Å². The highest BCUT2D eigenvalue weighted by Crippen LogP contribution is 2.35. The molecule has 5 rings (SSSR count). The van der Waals surface area contributed by atoms with E-state index in [1.54, 1.807) is 24.4 Å². The first kappa shape index (κ1) is 25.8. The zero-order chi connectivity index (χ0) is 25.8. The van der Waals surface area contributed by atoms with Crippen molar-refractivity contribution in [2.24, 2.45) is 0 Å². The van der Waals surface area contributed by atoms with Gasteiger partial charge >= 0.3 is 0 Å². The largest absolute Gasteiger partial charge is 0.379 e. The van der Waals surface area contributed by atoms with Crippen LogP contribution in [0, 0.1) is 11.6 Å². The number of ether oxygens (including phenoxy) is 1. The first-order valence-electron chi connectivity index (χ1n) is 12.1. The molecule has 2 aromatic heterocycles. The van der Waals surface area contributed by atoms with Gasteiger partial charge in [-0.3, -0.25) is 4.90 Å². The van der Waals surface area contributed by atoms with E-state index in [1.165, 1.54) is 6.07 Å². The van der Waals surface area contributed by atoms with Gasteiger partial charge in [-0.2, -0.15) is 4.98 Å². The lowest BCUT2D eigenvalue weighted by atomic mass is 10.2. The van der Waals surface area contributed by atoms with E-state index < -0.39 is 11.6 Å². The van der Waals surface area contributed by atoms with Crippen molar-refractivity contribution in [3.05, 3.63) is 69.8 Å². The minimum Gasteiger partial charge on any atom is -0.379 e. The van der Waals surface area contributed by atoms with Gasteiger partial charge in [0.2, 0.25) is 5.95 Å². The summed E-state index contributed by atoms with van der Waals surface area (Å²) in [6.45, 7) is 5.35. The molecule has 1 aliphatic heterocycles. The van der Waals surface area contributed by atoms with Crippen LogP contribution < -0.4 is 5.32 Å². The van der Waals surface area contributed by atoms with Crippen molar-refractivity contribution < 1.29 is 13.5 Å². The van der Waals surface area contributed by atoms with Gasteiger partial charge in [-0.05, 0) is 49.2 Å². The molecule has 0 radical (unpaired) electrons. The maximum atomic E-state index is 13.6. The van der Waals surface area contributed by atoms with Crippen LogP contribution in [0.25, 0.3) is 22.6 Å². The van der Waals surface area contributed by atoms with Crippen LogP contribution in [0.2, 0.25) is 10.0 Å². The third kappa shape index (κ3) is 6.01. The van der Waals surface area contributed by atoms with Crippen LogP contribution in [-0.2, 0) is 17.8 Å². The van der Waals surface area contributed by atoms with Crippen molar-refractivity contribution in [2.75, 3.05) is 38.2 Å². The van der Waals surface area contributed by atoms with E-state index in [0.29, 0.717) is 50.7 Å². The fourth-order valence-corrected chi connectivity index (χ4v) is 4.95. The Morgan fingerprint density at radius 1 is 0.946 bits per heavy atom. The second-order valence-corrected chi connectivity index (χ2v) is 9.66. The molecule has 0 saturated carbocycles. The molecule has 0 atom stereocenters. The molecule has 1 fully saturated rings. The van der Waals surface area contributed by atoms with Crippen molar-refractivity contribution in [3.63, 3.8) is 0 Å². The molecule has 37 heavy (non-hydrogen) atoms. The van der Waals surface area contributed by atoms with Gasteiger partial charge in [0, 0.05) is 26.2 Å². The van der Waals surface area contributed by atoms with E-state index in [0.717, 1.165) is 57.8 Å². The van der Waals surface area contributed by atoms with Crippen LogP contribution in [0.1, 0.15) is 18.4 Å². The van der Waals surface area contributed by atoms with Crippen LogP contribution in [0.15, 0.2) is 42.6 Å². The van der Waals surface area contributed by atoms with Crippen LogP contribution in [0.4, 0.5) is 14.7 Å². The number of imidazole rings is 1. The van der Waals surface area contributed by atoms with E-state index >= 15 is 0 Å². The number of unbranched alkanes of at least 4 members (excludes halogenated alkanes) is 1. The highest BCUT2D eigenvalue weighted by atomic mass is 35.5. The molecule has 1 saturated heterocycles. The van der Waals surface area contributed by atoms with Crippen LogP contribution in [0.3, 0.4) is 0 Å². The minimum absolute atomic E-state index is 0.236. The lowest BCUT2D eigenvalue weighted by Gasteiger charge is -2.26. The van der Waals surface area contributed by atoms with Crippen LogP contribution >= 0.6 is 23.2 Å². The van der Waals surface area contributed by atoms with E-state index in [-0.39, 0.29) is 6.54 Å². The number of anilines is 1. The lowest BCUT2D eigenvalue weighted by molar-refractivity contribution is 0.0371. The Kier molecular flexibility index (Phi) is 8.14. The fraction of sp³-hybridized carbons (Fsp3) is 0.346. The summed E-state index contributed by atoms with van der Waals surface area (Å²) in [6, 6.07) is 9.12. The lowest BCUT2D eigenvalue weighted by Crippen LogP contribution is -2.36. The maximum Gasteiger partial charge on any atom is 0.225 e. The number of aromatic nitrogens is 4. The van der Waals surface area contributed by atoms with Gasteiger partial charge in [0.25, 0.3) is 0 Å². The first-order valence-corrected chi connectivity index (χ1v) is 12.9. The second-order valence-electron chi connectivity index (χ2n) is 8.85. The number of benzene rings is 2. The van der Waals surface area contributed by atoms with Gasteiger partial charge in [-0.15, -0.1) is 0 Å². The van der Waals surface area contributed by atoms with Gasteiger partial charge in [0.15, 0.2) is 17.3 Å². The number of nitrogens with one attached hydrogen (secondary N) is 1. The molecule has 0 unspecified atom stereocenters. The Hall–Kier alpha value is -2.85. The molecule has 0 aliphatic carbocycles. The highest BCUT2D eigenvalue weighted by molar-refractivity contribution is 6.39. The van der Waals surface area contributed by atoms with Crippen LogP contribution in [0.5, 0.6) is 0 Å². The highest BCUT2D eigenvalue weighted by Gasteiger charge is 2.20. The molecule has 7 nitrogen and oxygen atoms in total.